The summed E-state index contributed by atoms with van der Waals surface area (Å²) in [5.41, 5.74) is 0. The molecule has 0 radical (unpaired) electrons. The Labute approximate surface area is 96.2 Å². The number of ether oxygens (including phenoxy) is 1. The third-order valence-electron chi connectivity index (χ3n) is 3.41. The minimum absolute atomic E-state index is 0.383. The lowest BCUT2D eigenvalue weighted by Crippen LogP contribution is -2.27. The highest BCUT2D eigenvalue weighted by atomic mass is 16.5. The van der Waals surface area contributed by atoms with Crippen molar-refractivity contribution in [3.63, 3.8) is 0 Å². The molecular weight excluding hydrogens is 204 g/mol. The van der Waals surface area contributed by atoms with Crippen molar-refractivity contribution in [3.8, 4) is 0 Å². The fourth-order valence-corrected chi connectivity index (χ4v) is 2.02. The van der Waals surface area contributed by atoms with Crippen LogP contribution in [0.2, 0.25) is 0 Å². The van der Waals surface area contributed by atoms with Gasteiger partial charge in [0.25, 0.3) is 0 Å². The number of nitrogens with zero attached hydrogens (tertiary/aromatic N) is 3. The maximum atomic E-state index is 5.52. The molecule has 1 saturated heterocycles. The molecule has 0 saturated carbocycles. The van der Waals surface area contributed by atoms with Gasteiger partial charge in [0.1, 0.15) is 11.6 Å². The fraction of sp³-hybridized carbons (Fsp3) is 0.818. The van der Waals surface area contributed by atoms with E-state index in [9.17, 15) is 0 Å². The summed E-state index contributed by atoms with van der Waals surface area (Å²) >= 11 is 0. The predicted molar refractivity (Wildman–Crippen MR) is 61.0 cm³/mol. The topological polar surface area (TPSA) is 52.0 Å². The van der Waals surface area contributed by atoms with Gasteiger partial charge in [-0.2, -0.15) is 0 Å². The van der Waals surface area contributed by atoms with Gasteiger partial charge in [0.15, 0.2) is 0 Å². The van der Waals surface area contributed by atoms with Crippen molar-refractivity contribution in [2.75, 3.05) is 13.2 Å². The molecule has 0 spiro atoms. The van der Waals surface area contributed by atoms with Crippen molar-refractivity contribution in [2.24, 2.45) is 13.0 Å². The highest BCUT2D eigenvalue weighted by Gasteiger charge is 2.23. The largest absolute Gasteiger partial charge is 0.378 e. The quantitative estimate of drug-likeness (QED) is 0.815. The van der Waals surface area contributed by atoms with Crippen LogP contribution in [0, 0.1) is 12.8 Å². The van der Waals surface area contributed by atoms with E-state index in [0.29, 0.717) is 12.0 Å². The summed E-state index contributed by atoms with van der Waals surface area (Å²) in [6.07, 6.45) is 1.54. The molecule has 1 aromatic rings. The van der Waals surface area contributed by atoms with Crippen LogP contribution in [0.3, 0.4) is 0 Å². The molecule has 16 heavy (non-hydrogen) atoms. The third-order valence-corrected chi connectivity index (χ3v) is 3.41. The molecular formula is C11H20N4O. The molecule has 0 amide bonds. The van der Waals surface area contributed by atoms with Crippen molar-refractivity contribution >= 4 is 0 Å². The van der Waals surface area contributed by atoms with Crippen molar-refractivity contribution < 1.29 is 4.74 Å². The van der Waals surface area contributed by atoms with Gasteiger partial charge in [-0.1, -0.05) is 0 Å². The highest BCUT2D eigenvalue weighted by Crippen LogP contribution is 2.19. The van der Waals surface area contributed by atoms with Crippen LogP contribution in [0.15, 0.2) is 0 Å². The van der Waals surface area contributed by atoms with E-state index in [4.69, 9.17) is 4.74 Å². The molecule has 1 aromatic heterocycles. The van der Waals surface area contributed by atoms with Gasteiger partial charge >= 0.3 is 0 Å². The van der Waals surface area contributed by atoms with Crippen molar-refractivity contribution in [2.45, 2.75) is 32.9 Å². The van der Waals surface area contributed by atoms with Gasteiger partial charge in [-0.05, 0) is 26.2 Å². The molecule has 1 aliphatic rings. The summed E-state index contributed by atoms with van der Waals surface area (Å²) in [6.45, 7) is 6.78. The van der Waals surface area contributed by atoms with Crippen molar-refractivity contribution in [3.05, 3.63) is 11.6 Å². The molecule has 0 aliphatic carbocycles. The van der Waals surface area contributed by atoms with Crippen LogP contribution in [0.5, 0.6) is 0 Å². The lowest BCUT2D eigenvalue weighted by atomic mass is 10.0. The number of hydrogen-bond acceptors (Lipinski definition) is 4. The van der Waals surface area contributed by atoms with E-state index >= 15 is 0 Å². The monoisotopic (exact) mass is 224 g/mol. The molecule has 90 valence electrons. The minimum Gasteiger partial charge on any atom is -0.378 e. The Morgan fingerprint density at radius 2 is 2.31 bits per heavy atom. The van der Waals surface area contributed by atoms with E-state index in [2.05, 4.69) is 22.4 Å². The average molecular weight is 224 g/mol. The normalized spacial score (nSPS) is 25.2. The zero-order valence-electron chi connectivity index (χ0n) is 10.2. The Morgan fingerprint density at radius 1 is 1.50 bits per heavy atom. The fourth-order valence-electron chi connectivity index (χ4n) is 2.02. The molecule has 5 nitrogen and oxygen atoms in total. The van der Waals surface area contributed by atoms with Crippen LogP contribution in [0.25, 0.3) is 0 Å². The van der Waals surface area contributed by atoms with E-state index in [1.54, 1.807) is 0 Å². The summed E-state index contributed by atoms with van der Waals surface area (Å²) in [5, 5.41) is 11.6. The molecule has 0 bridgehead atoms. The van der Waals surface area contributed by atoms with Crippen LogP contribution >= 0.6 is 0 Å². The van der Waals surface area contributed by atoms with Gasteiger partial charge in [0.2, 0.25) is 0 Å². The summed E-state index contributed by atoms with van der Waals surface area (Å²) in [7, 11) is 1.99. The van der Waals surface area contributed by atoms with Gasteiger partial charge < -0.3 is 14.6 Å². The molecule has 0 aromatic carbocycles. The minimum atomic E-state index is 0.383. The van der Waals surface area contributed by atoms with Crippen molar-refractivity contribution in [1.82, 2.24) is 20.1 Å². The first-order valence-corrected chi connectivity index (χ1v) is 5.85. The van der Waals surface area contributed by atoms with Crippen molar-refractivity contribution in [1.29, 1.82) is 0 Å². The number of nitrogens with one attached hydrogen (secondary N) is 1. The number of hydrogen-bond donors (Lipinski definition) is 1. The van der Waals surface area contributed by atoms with Gasteiger partial charge in [-0.25, -0.2) is 0 Å². The zero-order valence-corrected chi connectivity index (χ0v) is 10.2. The van der Waals surface area contributed by atoms with E-state index < -0.39 is 0 Å². The molecule has 1 aliphatic heterocycles. The Hall–Kier alpha value is -0.940. The maximum Gasteiger partial charge on any atom is 0.146 e. The Morgan fingerprint density at radius 3 is 2.88 bits per heavy atom. The maximum absolute atomic E-state index is 5.52. The first-order valence-electron chi connectivity index (χ1n) is 5.85. The Balaban J connectivity index is 1.77. The van der Waals surface area contributed by atoms with E-state index in [1.807, 2.05) is 18.5 Å². The molecule has 1 N–H and O–H groups in total. The predicted octanol–water partition coefficient (Wildman–Crippen LogP) is 0.638. The Kier molecular flexibility index (Phi) is 3.56. The summed E-state index contributed by atoms with van der Waals surface area (Å²) in [6, 6.07) is 0. The van der Waals surface area contributed by atoms with E-state index in [-0.39, 0.29) is 0 Å². The van der Waals surface area contributed by atoms with Crippen LogP contribution < -0.4 is 5.32 Å². The first-order chi connectivity index (χ1) is 7.68. The first kappa shape index (κ1) is 11.5. The number of rotatable bonds is 4. The van der Waals surface area contributed by atoms with Crippen LogP contribution in [-0.4, -0.2) is 34.0 Å². The third kappa shape index (κ3) is 2.41. The second-order valence-electron chi connectivity index (χ2n) is 4.48. The molecule has 5 heteroatoms. The van der Waals surface area contributed by atoms with Gasteiger partial charge in [-0.15, -0.1) is 10.2 Å². The van der Waals surface area contributed by atoms with Gasteiger partial charge in [0, 0.05) is 20.2 Å². The van der Waals surface area contributed by atoms with Crippen LogP contribution in [0.4, 0.5) is 0 Å². The molecule has 1 fully saturated rings. The van der Waals surface area contributed by atoms with Crippen LogP contribution in [-0.2, 0) is 18.3 Å². The second kappa shape index (κ2) is 4.93. The summed E-state index contributed by atoms with van der Waals surface area (Å²) in [4.78, 5) is 0. The van der Waals surface area contributed by atoms with E-state index in [0.717, 1.165) is 37.8 Å². The summed E-state index contributed by atoms with van der Waals surface area (Å²) in [5.74, 6) is 2.58. The Bertz CT molecular complexity index is 350. The second-order valence-corrected chi connectivity index (χ2v) is 4.48. The SMILES string of the molecule is Cc1nnc(CNCC2CCOC2C)n1C. The summed E-state index contributed by atoms with van der Waals surface area (Å²) < 4.78 is 7.54. The average Bonchev–Trinajstić information content (AvgIpc) is 2.80. The highest BCUT2D eigenvalue weighted by molar-refractivity contribution is 4.92. The molecule has 2 heterocycles. The number of aromatic nitrogens is 3. The lowest BCUT2D eigenvalue weighted by Gasteiger charge is -2.14. The zero-order chi connectivity index (χ0) is 11.5. The number of aryl methyl sites for hydroxylation is 1. The van der Waals surface area contributed by atoms with Crippen LogP contribution in [0.1, 0.15) is 25.0 Å². The molecule has 2 atom stereocenters. The standard InChI is InChI=1S/C11H20N4O/c1-8-10(4-5-16-8)6-12-7-11-14-13-9(2)15(11)3/h8,10,12H,4-7H2,1-3H3. The van der Waals surface area contributed by atoms with Gasteiger partial charge in [-0.3, -0.25) is 0 Å². The van der Waals surface area contributed by atoms with E-state index in [1.165, 1.54) is 0 Å². The smallest absolute Gasteiger partial charge is 0.146 e. The molecule has 2 unspecified atom stereocenters. The van der Waals surface area contributed by atoms with Gasteiger partial charge in [0.05, 0.1) is 12.6 Å². The lowest BCUT2D eigenvalue weighted by molar-refractivity contribution is 0.105. The molecule has 2 rings (SSSR count).